The average molecular weight is 282 g/mol. The van der Waals surface area contributed by atoms with Crippen LogP contribution in [0.4, 0.5) is 0 Å². The molecule has 2 atom stereocenters. The van der Waals surface area contributed by atoms with Crippen molar-refractivity contribution in [1.29, 1.82) is 0 Å². The van der Waals surface area contributed by atoms with Crippen molar-refractivity contribution >= 4 is 10.0 Å². The Balaban J connectivity index is 2.24. The number of aryl methyl sites for hydroxylation is 1. The molecule has 0 radical (unpaired) electrons. The molecule has 4 nitrogen and oxygen atoms in total. The second kappa shape index (κ2) is 5.61. The molecule has 1 fully saturated rings. The summed E-state index contributed by atoms with van der Waals surface area (Å²) in [5.74, 6) is 0.601. The van der Waals surface area contributed by atoms with Crippen LogP contribution in [0.2, 0.25) is 0 Å². The van der Waals surface area contributed by atoms with Gasteiger partial charge in [-0.2, -0.15) is 0 Å². The van der Waals surface area contributed by atoms with E-state index in [1.165, 1.54) is 0 Å². The van der Waals surface area contributed by atoms with Gasteiger partial charge in [0.05, 0.1) is 4.90 Å². The lowest BCUT2D eigenvalue weighted by Crippen LogP contribution is -2.33. The van der Waals surface area contributed by atoms with E-state index in [1.54, 1.807) is 6.07 Å². The zero-order chi connectivity index (χ0) is 14.0. The van der Waals surface area contributed by atoms with Crippen LogP contribution in [0.5, 0.6) is 0 Å². The van der Waals surface area contributed by atoms with Crippen LogP contribution < -0.4 is 10.5 Å². The summed E-state index contributed by atoms with van der Waals surface area (Å²) in [7, 11) is -3.44. The maximum atomic E-state index is 12.4. The van der Waals surface area contributed by atoms with Crippen LogP contribution in [0.25, 0.3) is 0 Å². The molecule has 1 aliphatic rings. The summed E-state index contributed by atoms with van der Waals surface area (Å²) in [4.78, 5) is 0.356. The van der Waals surface area contributed by atoms with E-state index in [1.807, 2.05) is 19.1 Å². The summed E-state index contributed by atoms with van der Waals surface area (Å²) in [5.41, 5.74) is 7.18. The minimum atomic E-state index is -3.44. The Morgan fingerprint density at radius 2 is 2.11 bits per heavy atom. The van der Waals surface area contributed by atoms with Gasteiger partial charge in [0.25, 0.3) is 0 Å². The van der Waals surface area contributed by atoms with E-state index < -0.39 is 10.0 Å². The van der Waals surface area contributed by atoms with Gasteiger partial charge in [-0.25, -0.2) is 13.1 Å². The van der Waals surface area contributed by atoms with E-state index >= 15 is 0 Å². The van der Waals surface area contributed by atoms with Crippen LogP contribution in [0.3, 0.4) is 0 Å². The number of benzene rings is 1. The highest BCUT2D eigenvalue weighted by molar-refractivity contribution is 7.89. The lowest BCUT2D eigenvalue weighted by atomic mass is 10.1. The average Bonchev–Trinajstić information content (AvgIpc) is 2.74. The molecule has 1 aromatic rings. The van der Waals surface area contributed by atoms with Crippen molar-refractivity contribution in [2.75, 3.05) is 0 Å². The monoisotopic (exact) mass is 282 g/mol. The minimum absolute atomic E-state index is 0.0703. The van der Waals surface area contributed by atoms with Gasteiger partial charge in [-0.3, -0.25) is 0 Å². The molecular weight excluding hydrogens is 260 g/mol. The zero-order valence-electron chi connectivity index (χ0n) is 11.5. The highest BCUT2D eigenvalue weighted by atomic mass is 32.2. The molecule has 1 aliphatic carbocycles. The van der Waals surface area contributed by atoms with Crippen LogP contribution in [-0.2, 0) is 16.6 Å². The van der Waals surface area contributed by atoms with Crippen LogP contribution in [0.15, 0.2) is 23.1 Å². The Morgan fingerprint density at radius 3 is 2.68 bits per heavy atom. The first-order chi connectivity index (χ1) is 8.92. The topological polar surface area (TPSA) is 72.2 Å². The number of rotatable bonds is 4. The van der Waals surface area contributed by atoms with Crippen LogP contribution in [0.1, 0.15) is 37.3 Å². The highest BCUT2D eigenvalue weighted by Gasteiger charge is 2.27. The van der Waals surface area contributed by atoms with Gasteiger partial charge in [0, 0.05) is 12.6 Å². The summed E-state index contributed by atoms with van der Waals surface area (Å²) in [6.07, 6.45) is 2.94. The molecule has 1 aromatic carbocycles. The summed E-state index contributed by atoms with van der Waals surface area (Å²) < 4.78 is 27.7. The number of hydrogen-bond donors (Lipinski definition) is 2. The fourth-order valence-corrected chi connectivity index (χ4v) is 4.24. The molecule has 0 spiro atoms. The minimum Gasteiger partial charge on any atom is -0.326 e. The first-order valence-electron chi connectivity index (χ1n) is 6.74. The lowest BCUT2D eigenvalue weighted by molar-refractivity contribution is 0.538. The molecule has 0 amide bonds. The summed E-state index contributed by atoms with van der Waals surface area (Å²) in [6.45, 7) is 4.32. The smallest absolute Gasteiger partial charge is 0.241 e. The van der Waals surface area contributed by atoms with E-state index in [0.717, 1.165) is 30.4 Å². The molecule has 0 aliphatic heterocycles. The molecule has 0 bridgehead atoms. The van der Waals surface area contributed by atoms with Gasteiger partial charge in [0.15, 0.2) is 0 Å². The Labute approximate surface area is 115 Å². The van der Waals surface area contributed by atoms with E-state index in [0.29, 0.717) is 17.4 Å². The van der Waals surface area contributed by atoms with E-state index in [-0.39, 0.29) is 6.04 Å². The molecular formula is C14H22N2O2S. The van der Waals surface area contributed by atoms with Crippen molar-refractivity contribution in [2.24, 2.45) is 11.7 Å². The first-order valence-corrected chi connectivity index (χ1v) is 8.22. The van der Waals surface area contributed by atoms with Gasteiger partial charge in [0.2, 0.25) is 10.0 Å². The third kappa shape index (κ3) is 3.35. The Morgan fingerprint density at radius 1 is 1.37 bits per heavy atom. The zero-order valence-corrected chi connectivity index (χ0v) is 12.3. The molecule has 1 saturated carbocycles. The largest absolute Gasteiger partial charge is 0.326 e. The molecule has 2 unspecified atom stereocenters. The predicted molar refractivity (Wildman–Crippen MR) is 76.2 cm³/mol. The van der Waals surface area contributed by atoms with Gasteiger partial charge in [-0.15, -0.1) is 0 Å². The fraction of sp³-hybridized carbons (Fsp3) is 0.571. The number of nitrogens with one attached hydrogen (secondary N) is 1. The van der Waals surface area contributed by atoms with Crippen molar-refractivity contribution in [1.82, 2.24) is 4.72 Å². The summed E-state index contributed by atoms with van der Waals surface area (Å²) in [6, 6.07) is 5.43. The van der Waals surface area contributed by atoms with Gasteiger partial charge < -0.3 is 5.73 Å². The third-order valence-electron chi connectivity index (χ3n) is 3.79. The van der Waals surface area contributed by atoms with Crippen molar-refractivity contribution in [3.63, 3.8) is 0 Å². The van der Waals surface area contributed by atoms with Crippen LogP contribution in [-0.4, -0.2) is 14.5 Å². The highest BCUT2D eigenvalue weighted by Crippen LogP contribution is 2.26. The van der Waals surface area contributed by atoms with Gasteiger partial charge in [-0.1, -0.05) is 19.1 Å². The SMILES string of the molecule is Cc1ccc(CN)cc1S(=O)(=O)NC1CCC(C)C1. The Hall–Kier alpha value is -0.910. The Bertz CT molecular complexity index is 555. The number of sulfonamides is 1. The molecule has 106 valence electrons. The number of nitrogens with two attached hydrogens (primary N) is 1. The van der Waals surface area contributed by atoms with Crippen LogP contribution in [0, 0.1) is 12.8 Å². The molecule has 0 aromatic heterocycles. The Kier molecular flexibility index (Phi) is 4.28. The second-order valence-electron chi connectivity index (χ2n) is 5.54. The van der Waals surface area contributed by atoms with Crippen molar-refractivity contribution < 1.29 is 8.42 Å². The van der Waals surface area contributed by atoms with E-state index in [9.17, 15) is 8.42 Å². The second-order valence-corrected chi connectivity index (χ2v) is 7.22. The van der Waals surface area contributed by atoms with Gasteiger partial charge in [-0.05, 0) is 49.3 Å². The van der Waals surface area contributed by atoms with Crippen LogP contribution >= 0.6 is 0 Å². The maximum Gasteiger partial charge on any atom is 0.241 e. The molecule has 5 heteroatoms. The first kappa shape index (κ1) is 14.5. The quantitative estimate of drug-likeness (QED) is 0.886. The van der Waals surface area contributed by atoms with E-state index in [2.05, 4.69) is 11.6 Å². The van der Waals surface area contributed by atoms with Gasteiger partial charge >= 0.3 is 0 Å². The maximum absolute atomic E-state index is 12.4. The number of hydrogen-bond acceptors (Lipinski definition) is 3. The van der Waals surface area contributed by atoms with E-state index in [4.69, 9.17) is 5.73 Å². The molecule has 0 saturated heterocycles. The fourth-order valence-electron chi connectivity index (χ4n) is 2.66. The predicted octanol–water partition coefficient (Wildman–Crippen LogP) is 1.92. The third-order valence-corrected chi connectivity index (χ3v) is 5.46. The van der Waals surface area contributed by atoms with Crippen molar-refractivity contribution in [3.8, 4) is 0 Å². The molecule has 0 heterocycles. The van der Waals surface area contributed by atoms with Crippen molar-refractivity contribution in [2.45, 2.75) is 50.6 Å². The van der Waals surface area contributed by atoms with Crippen molar-refractivity contribution in [3.05, 3.63) is 29.3 Å². The standard InChI is InChI=1S/C14H22N2O2S/c1-10-3-6-13(7-10)16-19(17,18)14-8-12(9-15)5-4-11(14)2/h4-5,8,10,13,16H,3,6-7,9,15H2,1-2H3. The summed E-state index contributed by atoms with van der Waals surface area (Å²) in [5, 5.41) is 0. The van der Waals surface area contributed by atoms with Gasteiger partial charge in [0.1, 0.15) is 0 Å². The normalized spacial score (nSPS) is 23.7. The molecule has 19 heavy (non-hydrogen) atoms. The lowest BCUT2D eigenvalue weighted by Gasteiger charge is -2.15. The molecule has 2 rings (SSSR count). The molecule has 3 N–H and O–H groups in total. The summed E-state index contributed by atoms with van der Waals surface area (Å²) >= 11 is 0.